The molecule has 8 heteroatoms. The number of nitrogens with zero attached hydrogens (tertiary/aromatic N) is 2. The van der Waals surface area contributed by atoms with Crippen molar-refractivity contribution in [3.05, 3.63) is 41.7 Å². The first-order chi connectivity index (χ1) is 9.47. The van der Waals surface area contributed by atoms with Crippen LogP contribution in [-0.2, 0) is 6.18 Å². The van der Waals surface area contributed by atoms with E-state index in [0.29, 0.717) is 24.5 Å². The third-order valence-electron chi connectivity index (χ3n) is 2.64. The number of hydrogen-bond donors (Lipinski definition) is 2. The van der Waals surface area contributed by atoms with Crippen molar-refractivity contribution in [3.8, 4) is 0 Å². The molecular weight excluding hydrogens is 289 g/mol. The SMILES string of the molecule is NC(CCNc1nc(C(F)(F)F)ns1)c1ccccc1. The largest absolute Gasteiger partial charge is 0.452 e. The minimum absolute atomic E-state index is 0.151. The maximum Gasteiger partial charge on any atom is 0.452 e. The van der Waals surface area contributed by atoms with Gasteiger partial charge in [0.15, 0.2) is 0 Å². The van der Waals surface area contributed by atoms with Crippen LogP contribution in [0.2, 0.25) is 0 Å². The van der Waals surface area contributed by atoms with Crippen LogP contribution in [0.5, 0.6) is 0 Å². The number of nitrogens with two attached hydrogens (primary N) is 1. The van der Waals surface area contributed by atoms with Gasteiger partial charge in [0.2, 0.25) is 11.0 Å². The monoisotopic (exact) mass is 302 g/mol. The molecule has 2 rings (SSSR count). The van der Waals surface area contributed by atoms with Crippen LogP contribution in [0.25, 0.3) is 0 Å². The first kappa shape index (κ1) is 14.7. The van der Waals surface area contributed by atoms with Crippen molar-refractivity contribution >= 4 is 16.7 Å². The van der Waals surface area contributed by atoms with Crippen molar-refractivity contribution < 1.29 is 13.2 Å². The summed E-state index contributed by atoms with van der Waals surface area (Å²) >= 11 is 0.691. The molecule has 0 aliphatic rings. The Labute approximate surface area is 118 Å². The van der Waals surface area contributed by atoms with Gasteiger partial charge in [-0.2, -0.15) is 22.5 Å². The third-order valence-corrected chi connectivity index (χ3v) is 3.31. The number of nitrogens with one attached hydrogen (secondary N) is 1. The highest BCUT2D eigenvalue weighted by Gasteiger charge is 2.36. The molecule has 108 valence electrons. The molecule has 1 aromatic heterocycles. The third kappa shape index (κ3) is 3.91. The fourth-order valence-electron chi connectivity index (χ4n) is 1.61. The standard InChI is InChI=1S/C12H13F3N4S/c13-12(14,15)10-18-11(20-19-10)17-7-6-9(16)8-4-2-1-3-5-8/h1-5,9H,6-7,16H2,(H,17,18,19). The molecule has 0 spiro atoms. The molecular formula is C12H13F3N4S. The topological polar surface area (TPSA) is 63.8 Å². The maximum atomic E-state index is 12.3. The van der Waals surface area contributed by atoms with E-state index >= 15 is 0 Å². The molecule has 0 bridgehead atoms. The van der Waals surface area contributed by atoms with Crippen molar-refractivity contribution in [1.29, 1.82) is 0 Å². The van der Waals surface area contributed by atoms with Gasteiger partial charge in [-0.3, -0.25) is 0 Å². The Balaban J connectivity index is 1.83. The molecule has 4 nitrogen and oxygen atoms in total. The molecule has 0 saturated heterocycles. The van der Waals surface area contributed by atoms with Gasteiger partial charge < -0.3 is 11.1 Å². The minimum Gasteiger partial charge on any atom is -0.360 e. The Bertz CT molecular complexity index is 541. The van der Waals surface area contributed by atoms with Crippen LogP contribution in [0, 0.1) is 0 Å². The van der Waals surface area contributed by atoms with Crippen molar-refractivity contribution in [1.82, 2.24) is 9.36 Å². The lowest BCUT2D eigenvalue weighted by Crippen LogP contribution is -2.15. The quantitative estimate of drug-likeness (QED) is 0.891. The molecule has 0 fully saturated rings. The van der Waals surface area contributed by atoms with E-state index in [-0.39, 0.29) is 11.2 Å². The molecule has 20 heavy (non-hydrogen) atoms. The number of anilines is 1. The summed E-state index contributed by atoms with van der Waals surface area (Å²) in [5.74, 6) is -1.11. The summed E-state index contributed by atoms with van der Waals surface area (Å²) in [4.78, 5) is 3.38. The Hall–Kier alpha value is -1.67. The van der Waals surface area contributed by atoms with E-state index in [2.05, 4.69) is 14.7 Å². The number of rotatable bonds is 5. The van der Waals surface area contributed by atoms with Gasteiger partial charge in [-0.1, -0.05) is 30.3 Å². The highest BCUT2D eigenvalue weighted by Crippen LogP contribution is 2.28. The van der Waals surface area contributed by atoms with Gasteiger partial charge in [-0.15, -0.1) is 0 Å². The van der Waals surface area contributed by atoms with Crippen LogP contribution in [0.4, 0.5) is 18.3 Å². The van der Waals surface area contributed by atoms with Crippen LogP contribution < -0.4 is 11.1 Å². The van der Waals surface area contributed by atoms with Crippen molar-refractivity contribution in [2.75, 3.05) is 11.9 Å². The molecule has 0 radical (unpaired) electrons. The van der Waals surface area contributed by atoms with Gasteiger partial charge in [0.25, 0.3) is 0 Å². The lowest BCUT2D eigenvalue weighted by atomic mass is 10.1. The van der Waals surface area contributed by atoms with Gasteiger partial charge in [0, 0.05) is 24.1 Å². The first-order valence-electron chi connectivity index (χ1n) is 5.92. The number of halogens is 3. The highest BCUT2D eigenvalue weighted by atomic mass is 32.1. The van der Waals surface area contributed by atoms with Gasteiger partial charge in [-0.05, 0) is 12.0 Å². The van der Waals surface area contributed by atoms with E-state index < -0.39 is 12.0 Å². The van der Waals surface area contributed by atoms with Crippen LogP contribution >= 0.6 is 11.5 Å². The number of aromatic nitrogens is 2. The fourth-order valence-corrected chi connectivity index (χ4v) is 2.22. The van der Waals surface area contributed by atoms with E-state index in [1.807, 2.05) is 30.3 Å². The lowest BCUT2D eigenvalue weighted by Gasteiger charge is -2.11. The molecule has 1 aromatic carbocycles. The zero-order valence-corrected chi connectivity index (χ0v) is 11.2. The smallest absolute Gasteiger partial charge is 0.360 e. The van der Waals surface area contributed by atoms with E-state index in [9.17, 15) is 13.2 Å². The number of benzene rings is 1. The minimum atomic E-state index is -4.50. The maximum absolute atomic E-state index is 12.3. The van der Waals surface area contributed by atoms with Crippen molar-refractivity contribution in [2.24, 2.45) is 5.73 Å². The summed E-state index contributed by atoms with van der Waals surface area (Å²) in [6.45, 7) is 0.433. The van der Waals surface area contributed by atoms with Crippen molar-refractivity contribution in [2.45, 2.75) is 18.6 Å². The summed E-state index contributed by atoms with van der Waals surface area (Å²) < 4.78 is 40.2. The van der Waals surface area contributed by atoms with E-state index in [1.54, 1.807) is 0 Å². The number of alkyl halides is 3. The average Bonchev–Trinajstić information content (AvgIpc) is 2.88. The Morgan fingerprint density at radius 2 is 1.95 bits per heavy atom. The summed E-state index contributed by atoms with van der Waals surface area (Å²) in [5, 5.41) is 2.95. The number of hydrogen-bond acceptors (Lipinski definition) is 5. The highest BCUT2D eigenvalue weighted by molar-refractivity contribution is 7.09. The van der Waals surface area contributed by atoms with Crippen LogP contribution in [0.3, 0.4) is 0 Å². The van der Waals surface area contributed by atoms with E-state index in [0.717, 1.165) is 5.56 Å². The Morgan fingerprint density at radius 3 is 2.55 bits per heavy atom. The molecule has 1 heterocycles. The Kier molecular flexibility index (Phi) is 4.56. The summed E-state index contributed by atoms with van der Waals surface area (Å²) in [5.41, 5.74) is 6.97. The second kappa shape index (κ2) is 6.19. The molecule has 0 aliphatic heterocycles. The van der Waals surface area contributed by atoms with Crippen LogP contribution in [0.1, 0.15) is 23.9 Å². The van der Waals surface area contributed by atoms with Crippen LogP contribution in [-0.4, -0.2) is 15.9 Å². The van der Waals surface area contributed by atoms with Crippen LogP contribution in [0.15, 0.2) is 30.3 Å². The molecule has 0 aliphatic carbocycles. The predicted octanol–water partition coefficient (Wildman–Crippen LogP) is 3.06. The molecule has 2 aromatic rings. The van der Waals surface area contributed by atoms with Gasteiger partial charge in [0.1, 0.15) is 0 Å². The van der Waals surface area contributed by atoms with Gasteiger partial charge >= 0.3 is 6.18 Å². The summed E-state index contributed by atoms with van der Waals surface area (Å²) in [7, 11) is 0. The van der Waals surface area contributed by atoms with E-state index in [4.69, 9.17) is 5.73 Å². The summed E-state index contributed by atoms with van der Waals surface area (Å²) in [6.07, 6.45) is -3.91. The second-order valence-corrected chi connectivity index (χ2v) is 4.91. The zero-order chi connectivity index (χ0) is 14.6. The lowest BCUT2D eigenvalue weighted by molar-refractivity contribution is -0.144. The second-order valence-electron chi connectivity index (χ2n) is 4.15. The molecule has 0 amide bonds. The normalized spacial score (nSPS) is 13.2. The molecule has 1 atom stereocenters. The van der Waals surface area contributed by atoms with E-state index in [1.165, 1.54) is 0 Å². The van der Waals surface area contributed by atoms with Gasteiger partial charge in [0.05, 0.1) is 0 Å². The predicted molar refractivity (Wildman–Crippen MR) is 71.4 cm³/mol. The molecule has 1 unspecified atom stereocenters. The zero-order valence-electron chi connectivity index (χ0n) is 10.4. The summed E-state index contributed by atoms with van der Waals surface area (Å²) in [6, 6.07) is 9.34. The molecule has 0 saturated carbocycles. The molecule has 3 N–H and O–H groups in total. The fraction of sp³-hybridized carbons (Fsp3) is 0.333. The van der Waals surface area contributed by atoms with Gasteiger partial charge in [-0.25, -0.2) is 0 Å². The first-order valence-corrected chi connectivity index (χ1v) is 6.69. The average molecular weight is 302 g/mol. The van der Waals surface area contributed by atoms with Crippen molar-refractivity contribution in [3.63, 3.8) is 0 Å². The Morgan fingerprint density at radius 1 is 1.25 bits per heavy atom.